The predicted molar refractivity (Wildman–Crippen MR) is 125 cm³/mol. The Morgan fingerprint density at radius 3 is 2.81 bits per heavy atom. The Morgan fingerprint density at radius 1 is 1.35 bits per heavy atom. The fourth-order valence-electron chi connectivity index (χ4n) is 3.96. The van der Waals surface area contributed by atoms with Crippen LogP contribution in [-0.4, -0.2) is 21.1 Å². The van der Waals surface area contributed by atoms with Crippen LogP contribution in [0.25, 0.3) is 15.9 Å². The minimum atomic E-state index is -0.373. The van der Waals surface area contributed by atoms with Gasteiger partial charge in [-0.15, -0.1) is 11.3 Å². The number of hydrogen-bond donors (Lipinski definition) is 1. The molecule has 0 saturated heterocycles. The topological polar surface area (TPSA) is 102 Å². The van der Waals surface area contributed by atoms with Crippen molar-refractivity contribution >= 4 is 39.1 Å². The minimum absolute atomic E-state index is 0.0224. The molecule has 0 radical (unpaired) electrons. The molecule has 3 aromatic rings. The summed E-state index contributed by atoms with van der Waals surface area (Å²) in [6.45, 7) is 5.50. The van der Waals surface area contributed by atoms with Gasteiger partial charge in [0.15, 0.2) is 10.9 Å². The van der Waals surface area contributed by atoms with E-state index < -0.39 is 0 Å². The van der Waals surface area contributed by atoms with Gasteiger partial charge in [-0.05, 0) is 57.2 Å². The number of aromatic nitrogens is 2. The summed E-state index contributed by atoms with van der Waals surface area (Å²) in [7, 11) is 0. The molecule has 0 bridgehead atoms. The summed E-state index contributed by atoms with van der Waals surface area (Å²) in [6.07, 6.45) is 2.94. The third kappa shape index (κ3) is 3.80. The van der Waals surface area contributed by atoms with E-state index in [9.17, 15) is 14.9 Å². The quantitative estimate of drug-likeness (QED) is 0.273. The lowest BCUT2D eigenvalue weighted by Crippen LogP contribution is -2.23. The van der Waals surface area contributed by atoms with E-state index in [-0.39, 0.29) is 28.4 Å². The lowest BCUT2D eigenvalue weighted by molar-refractivity contribution is -0.112. The maximum Gasteiger partial charge on any atom is 0.267 e. The molecule has 0 atom stereocenters. The lowest BCUT2D eigenvalue weighted by Gasteiger charge is -2.15. The van der Waals surface area contributed by atoms with Gasteiger partial charge in [0.05, 0.1) is 16.8 Å². The van der Waals surface area contributed by atoms with E-state index in [1.807, 2.05) is 38.1 Å². The Balaban J connectivity index is 1.88. The third-order valence-corrected chi connectivity index (χ3v) is 7.54. The van der Waals surface area contributed by atoms with E-state index in [2.05, 4.69) is 0 Å². The molecule has 8 heteroatoms. The number of nitrogens with zero attached hydrogens (tertiary/aromatic N) is 3. The van der Waals surface area contributed by atoms with Crippen molar-refractivity contribution in [2.24, 2.45) is 5.73 Å². The van der Waals surface area contributed by atoms with Crippen molar-refractivity contribution < 1.29 is 4.79 Å². The molecular formula is C23H22N4O2S2. The zero-order valence-electron chi connectivity index (χ0n) is 17.6. The number of aryl methyl sites for hydroxylation is 4. The van der Waals surface area contributed by atoms with Gasteiger partial charge in [0.25, 0.3) is 5.56 Å². The first kappa shape index (κ1) is 21.3. The van der Waals surface area contributed by atoms with Gasteiger partial charge in [0.1, 0.15) is 16.5 Å². The number of hydrogen-bond acceptors (Lipinski definition) is 7. The van der Waals surface area contributed by atoms with Crippen molar-refractivity contribution in [1.82, 2.24) is 9.55 Å². The number of ketones is 1. The van der Waals surface area contributed by atoms with Crippen LogP contribution in [0.4, 0.5) is 0 Å². The minimum Gasteiger partial charge on any atom is -0.401 e. The van der Waals surface area contributed by atoms with Crippen molar-refractivity contribution in [3.63, 3.8) is 0 Å². The molecule has 0 unspecified atom stereocenters. The highest BCUT2D eigenvalue weighted by molar-refractivity contribution is 7.99. The van der Waals surface area contributed by atoms with Crippen molar-refractivity contribution in [2.75, 3.05) is 5.75 Å². The highest BCUT2D eigenvalue weighted by atomic mass is 32.2. The molecular weight excluding hydrogens is 428 g/mol. The number of allylic oxidation sites excluding steroid dienone is 2. The van der Waals surface area contributed by atoms with Crippen molar-refractivity contribution in [3.05, 3.63) is 61.4 Å². The molecule has 0 fully saturated rings. The number of nitrogens with two attached hydrogens (primary N) is 1. The van der Waals surface area contributed by atoms with Crippen LogP contribution in [-0.2, 0) is 17.6 Å². The predicted octanol–water partition coefficient (Wildman–Crippen LogP) is 3.97. The molecule has 2 N–H and O–H groups in total. The maximum atomic E-state index is 13.7. The van der Waals surface area contributed by atoms with Crippen LogP contribution in [0.5, 0.6) is 0 Å². The molecule has 4 rings (SSSR count). The van der Waals surface area contributed by atoms with Crippen LogP contribution >= 0.6 is 23.1 Å². The summed E-state index contributed by atoms with van der Waals surface area (Å²) in [5, 5.41) is 10.4. The SMILES string of the molecule is C/C(N)=C(/C#N)C(=O)CSc1nc2sc3c(c2c(=O)n1-c1ccc(C)cc1C)CCC3. The van der Waals surface area contributed by atoms with Crippen LogP contribution in [0.3, 0.4) is 0 Å². The second kappa shape index (κ2) is 8.33. The second-order valence-electron chi connectivity index (χ2n) is 7.74. The van der Waals surface area contributed by atoms with Gasteiger partial charge in [-0.25, -0.2) is 4.98 Å². The first-order valence-corrected chi connectivity index (χ1v) is 11.8. The number of Topliss-reactive ketones (excluding diaryl/α,β-unsaturated/α-hetero) is 1. The number of thiophene rings is 1. The Hall–Kier alpha value is -2.89. The smallest absolute Gasteiger partial charge is 0.267 e. The molecule has 0 spiro atoms. The summed E-state index contributed by atoms with van der Waals surface area (Å²) in [5.41, 5.74) is 9.65. The highest BCUT2D eigenvalue weighted by Gasteiger charge is 2.25. The molecule has 0 aliphatic heterocycles. The average Bonchev–Trinajstić information content (AvgIpc) is 3.28. The van der Waals surface area contributed by atoms with Gasteiger partial charge in [0, 0.05) is 10.6 Å². The molecule has 1 aromatic carbocycles. The van der Waals surface area contributed by atoms with E-state index in [1.54, 1.807) is 15.9 Å². The van der Waals surface area contributed by atoms with E-state index in [4.69, 9.17) is 10.7 Å². The van der Waals surface area contributed by atoms with Crippen LogP contribution < -0.4 is 11.3 Å². The van der Waals surface area contributed by atoms with E-state index in [1.165, 1.54) is 11.8 Å². The summed E-state index contributed by atoms with van der Waals surface area (Å²) >= 11 is 2.73. The van der Waals surface area contributed by atoms with Gasteiger partial charge in [-0.1, -0.05) is 29.5 Å². The van der Waals surface area contributed by atoms with Crippen molar-refractivity contribution in [2.45, 2.75) is 45.2 Å². The zero-order valence-corrected chi connectivity index (χ0v) is 19.2. The number of carbonyl (C=O) groups excluding carboxylic acids is 1. The summed E-state index contributed by atoms with van der Waals surface area (Å²) in [4.78, 5) is 33.0. The third-order valence-electron chi connectivity index (χ3n) is 5.42. The molecule has 31 heavy (non-hydrogen) atoms. The van der Waals surface area contributed by atoms with Gasteiger partial charge >= 0.3 is 0 Å². The molecule has 1 aliphatic carbocycles. The zero-order chi connectivity index (χ0) is 22.3. The number of thioether (sulfide) groups is 1. The summed E-state index contributed by atoms with van der Waals surface area (Å²) < 4.78 is 1.62. The van der Waals surface area contributed by atoms with E-state index >= 15 is 0 Å². The fraction of sp³-hybridized carbons (Fsp3) is 0.304. The number of carbonyl (C=O) groups is 1. The van der Waals surface area contributed by atoms with Gasteiger partial charge in [-0.2, -0.15) is 5.26 Å². The highest BCUT2D eigenvalue weighted by Crippen LogP contribution is 2.36. The number of nitriles is 1. The standard InChI is InChI=1S/C23H22N4O2S2/c1-12-7-8-17(13(2)9-12)27-22(29)20-15-5-4-6-19(15)31-21(20)26-23(27)30-11-18(28)16(10-24)14(3)25/h7-9H,4-6,11,25H2,1-3H3/b16-14+. The Labute approximate surface area is 188 Å². The Bertz CT molecular complexity index is 1350. The summed E-state index contributed by atoms with van der Waals surface area (Å²) in [5.74, 6) is -0.395. The Kier molecular flexibility index (Phi) is 5.73. The molecule has 158 valence electrons. The number of benzene rings is 1. The maximum absolute atomic E-state index is 13.7. The first-order chi connectivity index (χ1) is 14.8. The summed E-state index contributed by atoms with van der Waals surface area (Å²) in [6, 6.07) is 7.78. The van der Waals surface area contributed by atoms with Crippen LogP contribution in [0.1, 0.15) is 34.9 Å². The fourth-order valence-corrected chi connectivity index (χ4v) is 6.14. The molecule has 6 nitrogen and oxygen atoms in total. The largest absolute Gasteiger partial charge is 0.401 e. The normalized spacial score (nSPS) is 13.7. The van der Waals surface area contributed by atoms with Gasteiger partial charge in [0.2, 0.25) is 0 Å². The van der Waals surface area contributed by atoms with E-state index in [0.29, 0.717) is 10.5 Å². The van der Waals surface area contributed by atoms with Crippen molar-refractivity contribution in [1.29, 1.82) is 5.26 Å². The van der Waals surface area contributed by atoms with Crippen LogP contribution in [0.2, 0.25) is 0 Å². The Morgan fingerprint density at radius 2 is 2.13 bits per heavy atom. The first-order valence-electron chi connectivity index (χ1n) is 9.99. The molecule has 1 aliphatic rings. The molecule has 2 heterocycles. The lowest BCUT2D eigenvalue weighted by atomic mass is 10.1. The van der Waals surface area contributed by atoms with Crippen LogP contribution in [0.15, 0.2) is 39.4 Å². The van der Waals surface area contributed by atoms with Crippen LogP contribution in [0, 0.1) is 25.2 Å². The van der Waals surface area contributed by atoms with E-state index in [0.717, 1.165) is 58.2 Å². The number of fused-ring (bicyclic) bond motifs is 3. The second-order valence-corrected chi connectivity index (χ2v) is 9.77. The molecule has 0 amide bonds. The van der Waals surface area contributed by atoms with Gasteiger partial charge < -0.3 is 5.73 Å². The van der Waals surface area contributed by atoms with Crippen molar-refractivity contribution in [3.8, 4) is 11.8 Å². The number of rotatable bonds is 5. The monoisotopic (exact) mass is 450 g/mol. The molecule has 2 aromatic heterocycles. The average molecular weight is 451 g/mol. The molecule has 0 saturated carbocycles. The van der Waals surface area contributed by atoms with Gasteiger partial charge in [-0.3, -0.25) is 14.2 Å².